The van der Waals surface area contributed by atoms with E-state index >= 15 is 0 Å². The summed E-state index contributed by atoms with van der Waals surface area (Å²) in [5, 5.41) is 5.95. The average Bonchev–Trinajstić information content (AvgIpc) is 3.26. The highest BCUT2D eigenvalue weighted by Crippen LogP contribution is 2.18. The minimum Gasteiger partial charge on any atom is -0.493 e. The van der Waals surface area contributed by atoms with Crippen molar-refractivity contribution in [2.45, 2.75) is 26.7 Å². The molecule has 0 atom stereocenters. The van der Waals surface area contributed by atoms with Crippen LogP contribution in [-0.2, 0) is 4.79 Å². The SMILES string of the molecule is CC(C)COc1cccc(NC(=O)CNc2ccc(C(=O)N3CCCC3)cc2)c1. The number of carbonyl (C=O) groups is 2. The molecular formula is C23H29N3O3. The van der Waals surface area contributed by atoms with Crippen LogP contribution in [0.15, 0.2) is 48.5 Å². The molecule has 1 fully saturated rings. The molecule has 29 heavy (non-hydrogen) atoms. The van der Waals surface area contributed by atoms with E-state index in [9.17, 15) is 9.59 Å². The monoisotopic (exact) mass is 395 g/mol. The van der Waals surface area contributed by atoms with Crippen molar-refractivity contribution >= 4 is 23.2 Å². The first-order valence-electron chi connectivity index (χ1n) is 10.2. The fourth-order valence-corrected chi connectivity index (χ4v) is 3.15. The number of likely N-dealkylation sites (tertiary alicyclic amines) is 1. The molecule has 1 aliphatic rings. The third-order valence-corrected chi connectivity index (χ3v) is 4.68. The highest BCUT2D eigenvalue weighted by molar-refractivity contribution is 5.95. The molecule has 2 aromatic rings. The van der Waals surface area contributed by atoms with E-state index in [1.807, 2.05) is 41.3 Å². The van der Waals surface area contributed by atoms with E-state index in [-0.39, 0.29) is 18.4 Å². The summed E-state index contributed by atoms with van der Waals surface area (Å²) < 4.78 is 5.69. The number of nitrogens with zero attached hydrogens (tertiary/aromatic N) is 1. The van der Waals surface area contributed by atoms with Gasteiger partial charge in [0.2, 0.25) is 5.91 Å². The Hall–Kier alpha value is -3.02. The van der Waals surface area contributed by atoms with Crippen LogP contribution in [0.1, 0.15) is 37.0 Å². The van der Waals surface area contributed by atoms with Crippen LogP contribution in [0.2, 0.25) is 0 Å². The summed E-state index contributed by atoms with van der Waals surface area (Å²) in [5.74, 6) is 1.10. The molecule has 1 aliphatic heterocycles. The first kappa shape index (κ1) is 20.7. The number of benzene rings is 2. The predicted molar refractivity (Wildman–Crippen MR) is 115 cm³/mol. The van der Waals surface area contributed by atoms with Crippen LogP contribution in [0.5, 0.6) is 5.75 Å². The van der Waals surface area contributed by atoms with Crippen LogP contribution in [0, 0.1) is 5.92 Å². The molecule has 6 nitrogen and oxygen atoms in total. The van der Waals surface area contributed by atoms with Crippen molar-refractivity contribution in [1.82, 2.24) is 4.90 Å². The van der Waals surface area contributed by atoms with E-state index in [1.54, 1.807) is 12.1 Å². The van der Waals surface area contributed by atoms with Gasteiger partial charge in [0, 0.05) is 36.1 Å². The summed E-state index contributed by atoms with van der Waals surface area (Å²) in [5.41, 5.74) is 2.18. The molecule has 0 bridgehead atoms. The molecule has 0 spiro atoms. The molecule has 6 heteroatoms. The Kier molecular flexibility index (Phi) is 7.11. The smallest absolute Gasteiger partial charge is 0.253 e. The fraction of sp³-hybridized carbons (Fsp3) is 0.391. The van der Waals surface area contributed by atoms with Crippen molar-refractivity contribution < 1.29 is 14.3 Å². The maximum Gasteiger partial charge on any atom is 0.253 e. The first-order valence-corrected chi connectivity index (χ1v) is 10.2. The zero-order valence-electron chi connectivity index (χ0n) is 17.1. The second-order valence-electron chi connectivity index (χ2n) is 7.71. The highest BCUT2D eigenvalue weighted by atomic mass is 16.5. The second-order valence-corrected chi connectivity index (χ2v) is 7.71. The maximum absolute atomic E-state index is 12.4. The lowest BCUT2D eigenvalue weighted by atomic mass is 10.2. The molecular weight excluding hydrogens is 366 g/mol. The van der Waals surface area contributed by atoms with Gasteiger partial charge < -0.3 is 20.3 Å². The van der Waals surface area contributed by atoms with Gasteiger partial charge in [-0.1, -0.05) is 19.9 Å². The third-order valence-electron chi connectivity index (χ3n) is 4.68. The number of rotatable bonds is 8. The number of carbonyl (C=O) groups excluding carboxylic acids is 2. The lowest BCUT2D eigenvalue weighted by molar-refractivity contribution is -0.114. The fourth-order valence-electron chi connectivity index (χ4n) is 3.15. The summed E-state index contributed by atoms with van der Waals surface area (Å²) in [6, 6.07) is 14.6. The van der Waals surface area contributed by atoms with Crippen molar-refractivity contribution in [1.29, 1.82) is 0 Å². The summed E-state index contributed by atoms with van der Waals surface area (Å²) in [6.07, 6.45) is 2.15. The largest absolute Gasteiger partial charge is 0.493 e. The van der Waals surface area contributed by atoms with E-state index in [4.69, 9.17) is 4.74 Å². The number of nitrogens with one attached hydrogen (secondary N) is 2. The molecule has 0 radical (unpaired) electrons. The van der Waals surface area contributed by atoms with E-state index in [0.29, 0.717) is 23.8 Å². The van der Waals surface area contributed by atoms with Crippen molar-refractivity contribution in [3.05, 3.63) is 54.1 Å². The molecule has 1 heterocycles. The number of hydrogen-bond acceptors (Lipinski definition) is 4. The quantitative estimate of drug-likeness (QED) is 0.709. The molecule has 0 aliphatic carbocycles. The van der Waals surface area contributed by atoms with Gasteiger partial charge in [0.1, 0.15) is 5.75 Å². The highest BCUT2D eigenvalue weighted by Gasteiger charge is 2.19. The standard InChI is InChI=1S/C23H29N3O3/c1-17(2)16-29-21-7-5-6-20(14-21)25-22(27)15-24-19-10-8-18(9-11-19)23(28)26-12-3-4-13-26/h5-11,14,17,24H,3-4,12-13,15-16H2,1-2H3,(H,25,27). The van der Waals surface area contributed by atoms with Crippen molar-refractivity contribution in [2.75, 3.05) is 36.9 Å². The summed E-state index contributed by atoms with van der Waals surface area (Å²) in [6.45, 7) is 6.62. The van der Waals surface area contributed by atoms with Crippen LogP contribution in [-0.4, -0.2) is 43.0 Å². The van der Waals surface area contributed by atoms with E-state index in [0.717, 1.165) is 37.4 Å². The Morgan fingerprint density at radius 1 is 1.03 bits per heavy atom. The molecule has 0 saturated carbocycles. The topological polar surface area (TPSA) is 70.7 Å². The molecule has 2 N–H and O–H groups in total. The Labute approximate surface area is 172 Å². The van der Waals surface area contributed by atoms with Gasteiger partial charge in [0.05, 0.1) is 13.2 Å². The van der Waals surface area contributed by atoms with Gasteiger partial charge in [-0.15, -0.1) is 0 Å². The number of hydrogen-bond donors (Lipinski definition) is 2. The minimum absolute atomic E-state index is 0.0753. The van der Waals surface area contributed by atoms with Crippen molar-refractivity contribution in [2.24, 2.45) is 5.92 Å². The molecule has 2 amide bonds. The second kappa shape index (κ2) is 9.96. The normalized spacial score (nSPS) is 13.4. The van der Waals surface area contributed by atoms with Gasteiger partial charge >= 0.3 is 0 Å². The van der Waals surface area contributed by atoms with Gasteiger partial charge in [-0.25, -0.2) is 0 Å². The van der Waals surface area contributed by atoms with E-state index in [2.05, 4.69) is 24.5 Å². The van der Waals surface area contributed by atoms with Crippen molar-refractivity contribution in [3.8, 4) is 5.75 Å². The Morgan fingerprint density at radius 3 is 2.45 bits per heavy atom. The Bertz CT molecular complexity index is 828. The number of ether oxygens (including phenoxy) is 1. The Balaban J connectivity index is 1.48. The zero-order valence-corrected chi connectivity index (χ0v) is 17.1. The van der Waals surface area contributed by atoms with Crippen LogP contribution in [0.25, 0.3) is 0 Å². The van der Waals surface area contributed by atoms with Crippen LogP contribution >= 0.6 is 0 Å². The summed E-state index contributed by atoms with van der Waals surface area (Å²) in [4.78, 5) is 26.5. The van der Waals surface area contributed by atoms with Crippen LogP contribution in [0.4, 0.5) is 11.4 Å². The third kappa shape index (κ3) is 6.24. The lowest BCUT2D eigenvalue weighted by Gasteiger charge is -2.15. The minimum atomic E-state index is -0.150. The lowest BCUT2D eigenvalue weighted by Crippen LogP contribution is -2.27. The predicted octanol–water partition coefficient (Wildman–Crippen LogP) is 4.01. The van der Waals surface area contributed by atoms with Gasteiger partial charge in [0.25, 0.3) is 5.91 Å². The van der Waals surface area contributed by atoms with Gasteiger partial charge in [-0.2, -0.15) is 0 Å². The van der Waals surface area contributed by atoms with E-state index < -0.39 is 0 Å². The molecule has 0 aromatic heterocycles. The molecule has 154 valence electrons. The Morgan fingerprint density at radius 2 is 1.76 bits per heavy atom. The summed E-state index contributed by atoms with van der Waals surface area (Å²) >= 11 is 0. The average molecular weight is 396 g/mol. The number of anilines is 2. The first-order chi connectivity index (χ1) is 14.0. The zero-order chi connectivity index (χ0) is 20.6. The van der Waals surface area contributed by atoms with E-state index in [1.165, 1.54) is 0 Å². The van der Waals surface area contributed by atoms with Gasteiger partial charge in [0.15, 0.2) is 0 Å². The van der Waals surface area contributed by atoms with Crippen LogP contribution in [0.3, 0.4) is 0 Å². The molecule has 2 aromatic carbocycles. The van der Waals surface area contributed by atoms with Crippen molar-refractivity contribution in [3.63, 3.8) is 0 Å². The maximum atomic E-state index is 12.4. The van der Waals surface area contributed by atoms with Gasteiger partial charge in [-0.3, -0.25) is 9.59 Å². The van der Waals surface area contributed by atoms with Gasteiger partial charge in [-0.05, 0) is 55.2 Å². The number of amides is 2. The molecule has 0 unspecified atom stereocenters. The molecule has 3 rings (SSSR count). The molecule has 1 saturated heterocycles. The summed E-state index contributed by atoms with van der Waals surface area (Å²) in [7, 11) is 0. The van der Waals surface area contributed by atoms with Crippen LogP contribution < -0.4 is 15.4 Å².